The molecule has 0 saturated carbocycles. The maximum atomic E-state index is 12.1. The van der Waals surface area contributed by atoms with Gasteiger partial charge < -0.3 is 10.2 Å². The molecule has 0 atom stereocenters. The van der Waals surface area contributed by atoms with E-state index in [1.807, 2.05) is 42.5 Å². The van der Waals surface area contributed by atoms with Crippen LogP contribution in [0.4, 0.5) is 11.4 Å². The van der Waals surface area contributed by atoms with Crippen molar-refractivity contribution in [1.82, 2.24) is 0 Å². The van der Waals surface area contributed by atoms with Crippen molar-refractivity contribution in [3.05, 3.63) is 65.7 Å². The molecular formula is C23H30N2O. The molecule has 2 aromatic carbocycles. The first-order chi connectivity index (χ1) is 12.3. The molecule has 0 aliphatic heterocycles. The third-order valence-corrected chi connectivity index (χ3v) is 4.47. The van der Waals surface area contributed by atoms with E-state index in [2.05, 4.69) is 57.0 Å². The number of carbonyl (C=O) groups is 1. The first kappa shape index (κ1) is 19.8. The fourth-order valence-electron chi connectivity index (χ4n) is 2.79. The Kier molecular flexibility index (Phi) is 6.62. The number of anilines is 2. The summed E-state index contributed by atoms with van der Waals surface area (Å²) < 4.78 is 0. The lowest BCUT2D eigenvalue weighted by atomic mass is 9.87. The van der Waals surface area contributed by atoms with Crippen LogP contribution in [0.5, 0.6) is 0 Å². The van der Waals surface area contributed by atoms with Crippen LogP contribution in [0.3, 0.4) is 0 Å². The molecule has 2 rings (SSSR count). The Morgan fingerprint density at radius 3 is 2.04 bits per heavy atom. The molecule has 0 aliphatic carbocycles. The molecule has 1 N–H and O–H groups in total. The van der Waals surface area contributed by atoms with E-state index in [-0.39, 0.29) is 11.3 Å². The van der Waals surface area contributed by atoms with Crippen LogP contribution in [0.2, 0.25) is 0 Å². The molecule has 0 aromatic heterocycles. The molecule has 3 nitrogen and oxygen atoms in total. The summed E-state index contributed by atoms with van der Waals surface area (Å²) in [4.78, 5) is 14.4. The molecule has 26 heavy (non-hydrogen) atoms. The van der Waals surface area contributed by atoms with E-state index in [4.69, 9.17) is 0 Å². The summed E-state index contributed by atoms with van der Waals surface area (Å²) in [6, 6.07) is 16.3. The second-order valence-corrected chi connectivity index (χ2v) is 7.41. The second kappa shape index (κ2) is 8.70. The van der Waals surface area contributed by atoms with Crippen LogP contribution >= 0.6 is 0 Å². The third-order valence-electron chi connectivity index (χ3n) is 4.47. The smallest absolute Gasteiger partial charge is 0.248 e. The Balaban J connectivity index is 1.96. The predicted molar refractivity (Wildman–Crippen MR) is 113 cm³/mol. The van der Waals surface area contributed by atoms with Crippen molar-refractivity contribution in [2.75, 3.05) is 23.3 Å². The highest BCUT2D eigenvalue weighted by Crippen LogP contribution is 2.22. The molecule has 0 bridgehead atoms. The average molecular weight is 351 g/mol. The third kappa shape index (κ3) is 5.48. The minimum atomic E-state index is -0.125. The first-order valence-corrected chi connectivity index (χ1v) is 9.28. The highest BCUT2D eigenvalue weighted by atomic mass is 16.1. The molecule has 0 saturated heterocycles. The topological polar surface area (TPSA) is 32.3 Å². The number of carbonyl (C=O) groups excluding carboxylic acids is 1. The minimum absolute atomic E-state index is 0.125. The number of hydrogen-bond donors (Lipinski definition) is 1. The number of nitrogens with one attached hydrogen (secondary N) is 1. The SMILES string of the molecule is CCN(CC)c1ccc(NC(=O)/C=C/c2ccc(C(C)(C)C)cc2)cc1. The van der Waals surface area contributed by atoms with Crippen LogP contribution in [0.25, 0.3) is 6.08 Å². The van der Waals surface area contributed by atoms with Crippen molar-refractivity contribution < 1.29 is 4.79 Å². The fraction of sp³-hybridized carbons (Fsp3) is 0.348. The van der Waals surface area contributed by atoms with Crippen LogP contribution in [-0.2, 0) is 10.2 Å². The minimum Gasteiger partial charge on any atom is -0.372 e. The standard InChI is InChI=1S/C23H30N2O/c1-6-25(7-2)21-15-13-20(14-16-21)24-22(26)17-10-18-8-11-19(12-9-18)23(3,4)5/h8-17H,6-7H2,1-5H3,(H,24,26)/b17-10+. The van der Waals surface area contributed by atoms with Gasteiger partial charge in [0.1, 0.15) is 0 Å². The van der Waals surface area contributed by atoms with Gasteiger partial charge in [0.2, 0.25) is 5.91 Å². The monoisotopic (exact) mass is 350 g/mol. The zero-order valence-electron chi connectivity index (χ0n) is 16.5. The Hall–Kier alpha value is -2.55. The molecule has 0 aliphatic rings. The largest absolute Gasteiger partial charge is 0.372 e. The van der Waals surface area contributed by atoms with Gasteiger partial charge >= 0.3 is 0 Å². The van der Waals surface area contributed by atoms with Gasteiger partial charge in [-0.2, -0.15) is 0 Å². The number of nitrogens with zero attached hydrogens (tertiary/aromatic N) is 1. The van der Waals surface area contributed by atoms with Gasteiger partial charge in [0.05, 0.1) is 0 Å². The number of amides is 1. The Morgan fingerprint density at radius 1 is 0.962 bits per heavy atom. The van der Waals surface area contributed by atoms with Gasteiger partial charge in [0.15, 0.2) is 0 Å². The summed E-state index contributed by atoms with van der Waals surface area (Å²) in [6.07, 6.45) is 3.41. The molecular weight excluding hydrogens is 320 g/mol. The van der Waals surface area contributed by atoms with Crippen molar-refractivity contribution in [3.63, 3.8) is 0 Å². The lowest BCUT2D eigenvalue weighted by molar-refractivity contribution is -0.111. The van der Waals surface area contributed by atoms with Gasteiger partial charge in [-0.25, -0.2) is 0 Å². The Bertz CT molecular complexity index is 733. The van der Waals surface area contributed by atoms with E-state index < -0.39 is 0 Å². The lowest BCUT2D eigenvalue weighted by Crippen LogP contribution is -2.21. The van der Waals surface area contributed by atoms with Gasteiger partial charge in [-0.15, -0.1) is 0 Å². The normalized spacial score (nSPS) is 11.6. The highest BCUT2D eigenvalue weighted by Gasteiger charge is 2.12. The zero-order valence-corrected chi connectivity index (χ0v) is 16.5. The van der Waals surface area contributed by atoms with Crippen LogP contribution in [0.1, 0.15) is 45.7 Å². The van der Waals surface area contributed by atoms with Crippen molar-refractivity contribution in [2.45, 2.75) is 40.0 Å². The van der Waals surface area contributed by atoms with Gasteiger partial charge in [-0.3, -0.25) is 4.79 Å². The lowest BCUT2D eigenvalue weighted by Gasteiger charge is -2.21. The van der Waals surface area contributed by atoms with Crippen molar-refractivity contribution in [3.8, 4) is 0 Å². The second-order valence-electron chi connectivity index (χ2n) is 7.41. The van der Waals surface area contributed by atoms with E-state index in [1.54, 1.807) is 6.08 Å². The van der Waals surface area contributed by atoms with Crippen LogP contribution in [0, 0.1) is 0 Å². The molecule has 0 unspecified atom stereocenters. The number of hydrogen-bond acceptors (Lipinski definition) is 2. The van der Waals surface area contributed by atoms with Crippen LogP contribution in [-0.4, -0.2) is 19.0 Å². The van der Waals surface area contributed by atoms with E-state index in [9.17, 15) is 4.79 Å². The average Bonchev–Trinajstić information content (AvgIpc) is 2.62. The summed E-state index contributed by atoms with van der Waals surface area (Å²) in [6.45, 7) is 12.8. The van der Waals surface area contributed by atoms with Crippen LogP contribution < -0.4 is 10.2 Å². The van der Waals surface area contributed by atoms with Gasteiger partial charge in [-0.05, 0) is 60.7 Å². The highest BCUT2D eigenvalue weighted by molar-refractivity contribution is 6.02. The molecule has 0 heterocycles. The molecule has 0 radical (unpaired) electrons. The summed E-state index contributed by atoms with van der Waals surface area (Å²) in [5, 5.41) is 2.91. The first-order valence-electron chi connectivity index (χ1n) is 9.28. The van der Waals surface area contributed by atoms with E-state index in [0.717, 1.165) is 24.3 Å². The summed E-state index contributed by atoms with van der Waals surface area (Å²) in [7, 11) is 0. The molecule has 2 aromatic rings. The van der Waals surface area contributed by atoms with Gasteiger partial charge in [0.25, 0.3) is 0 Å². The Labute approximate surface area is 157 Å². The van der Waals surface area contributed by atoms with Gasteiger partial charge in [0, 0.05) is 30.5 Å². The molecule has 0 spiro atoms. The van der Waals surface area contributed by atoms with Crippen molar-refractivity contribution in [2.24, 2.45) is 0 Å². The quantitative estimate of drug-likeness (QED) is 0.699. The molecule has 0 fully saturated rings. The van der Waals surface area contributed by atoms with Crippen molar-refractivity contribution >= 4 is 23.4 Å². The van der Waals surface area contributed by atoms with Gasteiger partial charge in [-0.1, -0.05) is 45.0 Å². The zero-order chi connectivity index (χ0) is 19.2. The van der Waals surface area contributed by atoms with Crippen molar-refractivity contribution in [1.29, 1.82) is 0 Å². The Morgan fingerprint density at radius 2 is 1.54 bits per heavy atom. The number of rotatable bonds is 6. The summed E-state index contributed by atoms with van der Waals surface area (Å²) in [5.74, 6) is -0.125. The molecule has 3 heteroatoms. The summed E-state index contributed by atoms with van der Waals surface area (Å²) in [5.41, 5.74) is 4.41. The summed E-state index contributed by atoms with van der Waals surface area (Å²) >= 11 is 0. The van der Waals surface area contributed by atoms with E-state index >= 15 is 0 Å². The molecule has 1 amide bonds. The van der Waals surface area contributed by atoms with E-state index in [1.165, 1.54) is 11.3 Å². The number of benzene rings is 2. The van der Waals surface area contributed by atoms with Crippen LogP contribution in [0.15, 0.2) is 54.6 Å². The maximum Gasteiger partial charge on any atom is 0.248 e. The van der Waals surface area contributed by atoms with E-state index in [0.29, 0.717) is 0 Å². The maximum absolute atomic E-state index is 12.1. The molecule has 138 valence electrons. The fourth-order valence-corrected chi connectivity index (χ4v) is 2.79. The predicted octanol–water partition coefficient (Wildman–Crippen LogP) is 5.48.